The van der Waals surface area contributed by atoms with Crippen LogP contribution in [0.25, 0.3) is 0 Å². The van der Waals surface area contributed by atoms with Crippen molar-refractivity contribution in [3.8, 4) is 0 Å². The van der Waals surface area contributed by atoms with Gasteiger partial charge in [-0.05, 0) is 11.1 Å². The average Bonchev–Trinajstić information content (AvgIpc) is 2.59. The van der Waals surface area contributed by atoms with Crippen molar-refractivity contribution in [3.63, 3.8) is 0 Å². The highest BCUT2D eigenvalue weighted by Crippen LogP contribution is 2.23. The molecule has 0 heterocycles. The fraction of sp³-hybridized carbons (Fsp3) is 0.364. The Kier molecular flexibility index (Phi) is 2.39. The first-order chi connectivity index (χ1) is 6.79. The zero-order chi connectivity index (χ0) is 9.97. The second kappa shape index (κ2) is 3.70. The molecule has 14 heavy (non-hydrogen) atoms. The summed E-state index contributed by atoms with van der Waals surface area (Å²) < 4.78 is 5.19. The number of carbonyl (C=O) groups excluding carboxylic acids is 1. The van der Waals surface area contributed by atoms with Crippen LogP contribution in [0.1, 0.15) is 11.1 Å². The number of alkyl carbamates (subject to hydrolysis) is 1. The number of rotatable bonds is 1. The van der Waals surface area contributed by atoms with Crippen LogP contribution in [0.2, 0.25) is 0 Å². The van der Waals surface area contributed by atoms with Crippen LogP contribution in [-0.4, -0.2) is 19.2 Å². The van der Waals surface area contributed by atoms with Crippen LogP contribution in [0.4, 0.5) is 4.79 Å². The highest BCUT2D eigenvalue weighted by molar-refractivity contribution is 5.67. The summed E-state index contributed by atoms with van der Waals surface area (Å²) in [5, 5.41) is 2.46. The van der Waals surface area contributed by atoms with Gasteiger partial charge < -0.3 is 10.1 Å². The van der Waals surface area contributed by atoms with E-state index in [4.69, 9.17) is 4.74 Å². The molecule has 1 aliphatic rings. The Morgan fingerprint density at radius 3 is 2.43 bits per heavy atom. The molecule has 0 bridgehead atoms. The summed E-state index contributed by atoms with van der Waals surface area (Å²) in [7, 11) is 1.57. The Labute approximate surface area is 83.1 Å². The van der Waals surface area contributed by atoms with Gasteiger partial charge in [-0.1, -0.05) is 24.3 Å². The quantitative estimate of drug-likeness (QED) is 0.730. The van der Waals surface area contributed by atoms with Gasteiger partial charge in [-0.25, -0.2) is 4.79 Å². The van der Waals surface area contributed by atoms with Gasteiger partial charge in [0, 0.05) is 19.9 Å². The third kappa shape index (κ3) is 1.71. The predicted molar refractivity (Wildman–Crippen MR) is 53.2 cm³/mol. The maximum atomic E-state index is 11.0. The molecule has 0 aromatic heterocycles. The highest BCUT2D eigenvalue weighted by Gasteiger charge is 2.23. The predicted octanol–water partition coefficient (Wildman–Crippen LogP) is 1.51. The zero-order valence-electron chi connectivity index (χ0n) is 8.12. The monoisotopic (exact) mass is 191 g/mol. The molecule has 3 heteroatoms. The third-order valence-corrected chi connectivity index (χ3v) is 2.49. The van der Waals surface area contributed by atoms with Gasteiger partial charge in [0.05, 0.1) is 0 Å². The molecule has 0 radical (unpaired) electrons. The third-order valence-electron chi connectivity index (χ3n) is 2.49. The minimum Gasteiger partial charge on any atom is -0.446 e. The lowest BCUT2D eigenvalue weighted by Crippen LogP contribution is -2.26. The van der Waals surface area contributed by atoms with E-state index in [0.717, 1.165) is 12.8 Å². The van der Waals surface area contributed by atoms with E-state index in [0.29, 0.717) is 0 Å². The van der Waals surface area contributed by atoms with Gasteiger partial charge in [0.15, 0.2) is 0 Å². The van der Waals surface area contributed by atoms with Crippen LogP contribution >= 0.6 is 0 Å². The van der Waals surface area contributed by atoms with E-state index < -0.39 is 0 Å². The van der Waals surface area contributed by atoms with Crippen LogP contribution < -0.4 is 5.32 Å². The Balaban J connectivity index is 2.01. The van der Waals surface area contributed by atoms with Crippen molar-refractivity contribution in [1.82, 2.24) is 5.32 Å². The lowest BCUT2D eigenvalue weighted by atomic mass is 10.1. The topological polar surface area (TPSA) is 38.3 Å². The first kappa shape index (κ1) is 9.06. The Morgan fingerprint density at radius 2 is 1.93 bits per heavy atom. The lowest BCUT2D eigenvalue weighted by molar-refractivity contribution is 0.105. The van der Waals surface area contributed by atoms with E-state index in [9.17, 15) is 4.79 Å². The van der Waals surface area contributed by atoms with Crippen molar-refractivity contribution in [3.05, 3.63) is 35.4 Å². The van der Waals surface area contributed by atoms with Crippen molar-refractivity contribution in [2.24, 2.45) is 0 Å². The first-order valence-corrected chi connectivity index (χ1v) is 4.74. The fourth-order valence-corrected chi connectivity index (χ4v) is 1.81. The second-order valence-electron chi connectivity index (χ2n) is 3.45. The molecule has 0 saturated carbocycles. The van der Waals surface area contributed by atoms with Gasteiger partial charge in [0.25, 0.3) is 0 Å². The molecule has 1 amide bonds. The number of hydrogen-bond donors (Lipinski definition) is 1. The Morgan fingerprint density at radius 1 is 1.36 bits per heavy atom. The average molecular weight is 191 g/mol. The minimum absolute atomic E-state index is 0.00681. The van der Waals surface area contributed by atoms with Gasteiger partial charge in [-0.2, -0.15) is 0 Å². The molecule has 1 aromatic rings. The summed E-state index contributed by atoms with van der Waals surface area (Å²) in [5.74, 6) is 0. The molecule has 0 aliphatic heterocycles. The van der Waals surface area contributed by atoms with Crippen molar-refractivity contribution in [2.45, 2.75) is 18.9 Å². The van der Waals surface area contributed by atoms with Crippen molar-refractivity contribution in [1.29, 1.82) is 0 Å². The minimum atomic E-state index is -0.345. The molecule has 0 spiro atoms. The standard InChI is InChI=1S/C11H13NO2/c1-12-11(13)14-10-6-8-4-2-3-5-9(8)7-10/h2-5,10H,6-7H2,1H3,(H,12,13). The maximum Gasteiger partial charge on any atom is 0.407 e. The van der Waals surface area contributed by atoms with Crippen molar-refractivity contribution >= 4 is 6.09 Å². The molecule has 0 unspecified atom stereocenters. The molecule has 1 N–H and O–H groups in total. The van der Waals surface area contributed by atoms with Crippen LogP contribution in [0.3, 0.4) is 0 Å². The molecule has 2 rings (SSSR count). The van der Waals surface area contributed by atoms with Gasteiger partial charge in [0.1, 0.15) is 6.10 Å². The molecular weight excluding hydrogens is 178 g/mol. The first-order valence-electron chi connectivity index (χ1n) is 4.74. The molecule has 0 saturated heterocycles. The van der Waals surface area contributed by atoms with Crippen molar-refractivity contribution in [2.75, 3.05) is 7.05 Å². The zero-order valence-corrected chi connectivity index (χ0v) is 8.12. The van der Waals surface area contributed by atoms with Crippen LogP contribution in [0.5, 0.6) is 0 Å². The number of hydrogen-bond acceptors (Lipinski definition) is 2. The van der Waals surface area contributed by atoms with E-state index in [1.165, 1.54) is 11.1 Å². The van der Waals surface area contributed by atoms with E-state index >= 15 is 0 Å². The summed E-state index contributed by atoms with van der Waals surface area (Å²) in [6.07, 6.45) is 1.34. The number of benzene rings is 1. The van der Waals surface area contributed by atoms with E-state index in [1.54, 1.807) is 7.05 Å². The maximum absolute atomic E-state index is 11.0. The van der Waals surface area contributed by atoms with Gasteiger partial charge in [-0.3, -0.25) is 0 Å². The number of fused-ring (bicyclic) bond motifs is 1. The van der Waals surface area contributed by atoms with Crippen molar-refractivity contribution < 1.29 is 9.53 Å². The molecule has 3 nitrogen and oxygen atoms in total. The number of amides is 1. The smallest absolute Gasteiger partial charge is 0.407 e. The summed E-state index contributed by atoms with van der Waals surface area (Å²) in [4.78, 5) is 11.0. The normalized spacial score (nSPS) is 14.9. The number of ether oxygens (including phenoxy) is 1. The largest absolute Gasteiger partial charge is 0.446 e. The van der Waals surface area contributed by atoms with Gasteiger partial charge in [-0.15, -0.1) is 0 Å². The van der Waals surface area contributed by atoms with E-state index in [1.807, 2.05) is 12.1 Å². The summed E-state index contributed by atoms with van der Waals surface area (Å²) >= 11 is 0. The summed E-state index contributed by atoms with van der Waals surface area (Å²) in [5.41, 5.74) is 2.59. The summed E-state index contributed by atoms with van der Waals surface area (Å²) in [6, 6.07) is 8.20. The Bertz CT molecular complexity index is 324. The van der Waals surface area contributed by atoms with Crippen LogP contribution in [0, 0.1) is 0 Å². The molecule has 1 aromatic carbocycles. The molecule has 74 valence electrons. The molecule has 1 aliphatic carbocycles. The SMILES string of the molecule is CNC(=O)OC1Cc2ccccc2C1. The van der Waals surface area contributed by atoms with E-state index in [2.05, 4.69) is 17.4 Å². The molecular formula is C11H13NO2. The van der Waals surface area contributed by atoms with Gasteiger partial charge >= 0.3 is 6.09 Å². The van der Waals surface area contributed by atoms with Crippen LogP contribution in [-0.2, 0) is 17.6 Å². The summed E-state index contributed by atoms with van der Waals surface area (Å²) in [6.45, 7) is 0. The Hall–Kier alpha value is -1.51. The second-order valence-corrected chi connectivity index (χ2v) is 3.45. The van der Waals surface area contributed by atoms with Gasteiger partial charge in [0.2, 0.25) is 0 Å². The highest BCUT2D eigenvalue weighted by atomic mass is 16.6. The van der Waals surface area contributed by atoms with E-state index in [-0.39, 0.29) is 12.2 Å². The molecule has 0 fully saturated rings. The number of carbonyl (C=O) groups is 1. The number of nitrogens with one attached hydrogen (secondary N) is 1. The fourth-order valence-electron chi connectivity index (χ4n) is 1.81. The lowest BCUT2D eigenvalue weighted by Gasteiger charge is -2.09. The molecule has 0 atom stereocenters. The van der Waals surface area contributed by atoms with Crippen LogP contribution in [0.15, 0.2) is 24.3 Å².